The van der Waals surface area contributed by atoms with Gasteiger partial charge in [0, 0.05) is 0 Å². The first-order valence-electron chi connectivity index (χ1n) is 10.6. The predicted octanol–water partition coefficient (Wildman–Crippen LogP) is 5.80. The quantitative estimate of drug-likeness (QED) is 0.299. The Labute approximate surface area is 182 Å². The summed E-state index contributed by atoms with van der Waals surface area (Å²) in [7, 11) is -1.97. The zero-order valence-electron chi connectivity index (χ0n) is 18.9. The average Bonchev–Trinajstić information content (AvgIpc) is 2.64. The molecule has 0 heterocycles. The zero-order chi connectivity index (χ0) is 22.4. The number of methoxy groups -OCH3 is 1. The Morgan fingerprint density at radius 3 is 1.70 bits per heavy atom. The standard InChI is InChI=1S/C23H36O5Si2/c1-27-23-17-19(11-13-21(23)25)9-7-15-30(4,5)28-29(2,3)14-6-8-18-10-12-20(24)22(26)16-18/h10-13,16-17,24-26H,6-9,14-15H2,1-5H3. The number of phenolic OH excluding ortho intramolecular Hbond substituents is 3. The van der Waals surface area contributed by atoms with Crippen LogP contribution >= 0.6 is 0 Å². The molecule has 7 heteroatoms. The highest BCUT2D eigenvalue weighted by atomic mass is 28.4. The Kier molecular flexibility index (Phi) is 8.40. The van der Waals surface area contributed by atoms with Crippen molar-refractivity contribution in [1.82, 2.24) is 0 Å². The highest BCUT2D eigenvalue weighted by molar-refractivity contribution is 6.84. The van der Waals surface area contributed by atoms with E-state index in [4.69, 9.17) is 8.85 Å². The summed E-state index contributed by atoms with van der Waals surface area (Å²) in [5, 5.41) is 28.8. The van der Waals surface area contributed by atoms with Crippen LogP contribution in [-0.2, 0) is 17.0 Å². The van der Waals surface area contributed by atoms with Crippen LogP contribution in [-0.4, -0.2) is 39.1 Å². The lowest BCUT2D eigenvalue weighted by atomic mass is 10.1. The van der Waals surface area contributed by atoms with Crippen LogP contribution in [0.25, 0.3) is 0 Å². The topological polar surface area (TPSA) is 79.2 Å². The number of phenols is 3. The first-order valence-corrected chi connectivity index (χ1v) is 16.8. The molecular weight excluding hydrogens is 412 g/mol. The Morgan fingerprint density at radius 1 is 0.700 bits per heavy atom. The van der Waals surface area contributed by atoms with Gasteiger partial charge >= 0.3 is 0 Å². The van der Waals surface area contributed by atoms with Crippen LogP contribution in [0.2, 0.25) is 38.3 Å². The van der Waals surface area contributed by atoms with Crippen LogP contribution in [0.1, 0.15) is 24.0 Å². The molecule has 0 aliphatic carbocycles. The molecule has 30 heavy (non-hydrogen) atoms. The second kappa shape index (κ2) is 10.4. The van der Waals surface area contributed by atoms with Crippen molar-refractivity contribution < 1.29 is 24.2 Å². The molecule has 0 radical (unpaired) electrons. The molecule has 5 nitrogen and oxygen atoms in total. The number of hydrogen-bond acceptors (Lipinski definition) is 5. The van der Waals surface area contributed by atoms with Crippen molar-refractivity contribution >= 4 is 16.6 Å². The third-order valence-corrected chi connectivity index (χ3v) is 12.9. The highest BCUT2D eigenvalue weighted by Crippen LogP contribution is 2.29. The van der Waals surface area contributed by atoms with Gasteiger partial charge in [-0.15, -0.1) is 0 Å². The Morgan fingerprint density at radius 2 is 1.20 bits per heavy atom. The van der Waals surface area contributed by atoms with Crippen molar-refractivity contribution in [1.29, 1.82) is 0 Å². The summed E-state index contributed by atoms with van der Waals surface area (Å²) in [5.74, 6) is 0.570. The average molecular weight is 449 g/mol. The van der Waals surface area contributed by atoms with Crippen molar-refractivity contribution in [3.05, 3.63) is 47.5 Å². The highest BCUT2D eigenvalue weighted by Gasteiger charge is 2.32. The van der Waals surface area contributed by atoms with E-state index in [1.54, 1.807) is 25.3 Å². The molecule has 0 unspecified atom stereocenters. The first kappa shape index (κ1) is 24.3. The second-order valence-corrected chi connectivity index (χ2v) is 18.0. The molecule has 0 atom stereocenters. The van der Waals surface area contributed by atoms with Gasteiger partial charge in [0.15, 0.2) is 39.6 Å². The second-order valence-electron chi connectivity index (χ2n) is 9.16. The van der Waals surface area contributed by atoms with Gasteiger partial charge in [0.2, 0.25) is 0 Å². The zero-order valence-corrected chi connectivity index (χ0v) is 20.9. The van der Waals surface area contributed by atoms with E-state index in [-0.39, 0.29) is 17.2 Å². The lowest BCUT2D eigenvalue weighted by Crippen LogP contribution is -2.44. The Balaban J connectivity index is 1.79. The number of hydrogen-bond donors (Lipinski definition) is 3. The lowest BCUT2D eigenvalue weighted by Gasteiger charge is -2.34. The van der Waals surface area contributed by atoms with Gasteiger partial charge < -0.3 is 24.2 Å². The fourth-order valence-corrected chi connectivity index (χ4v) is 12.7. The number of benzene rings is 2. The summed E-state index contributed by atoms with van der Waals surface area (Å²) in [6.45, 7) is 9.19. The van der Waals surface area contributed by atoms with E-state index in [1.807, 2.05) is 18.2 Å². The van der Waals surface area contributed by atoms with Gasteiger partial charge in [0.1, 0.15) is 0 Å². The fraction of sp³-hybridized carbons (Fsp3) is 0.478. The van der Waals surface area contributed by atoms with Gasteiger partial charge in [-0.05, 0) is 99.4 Å². The van der Waals surface area contributed by atoms with Gasteiger partial charge in [0.25, 0.3) is 0 Å². The van der Waals surface area contributed by atoms with Crippen molar-refractivity contribution in [2.24, 2.45) is 0 Å². The van der Waals surface area contributed by atoms with Crippen molar-refractivity contribution in [2.75, 3.05) is 7.11 Å². The molecule has 0 spiro atoms. The molecule has 0 fully saturated rings. The molecular formula is C23H36O5Si2. The van der Waals surface area contributed by atoms with E-state index < -0.39 is 16.6 Å². The summed E-state index contributed by atoms with van der Waals surface area (Å²) in [5.41, 5.74) is 2.21. The predicted molar refractivity (Wildman–Crippen MR) is 127 cm³/mol. The van der Waals surface area contributed by atoms with Crippen LogP contribution in [0, 0.1) is 0 Å². The molecule has 166 valence electrons. The minimum absolute atomic E-state index is 0.0555. The minimum Gasteiger partial charge on any atom is -0.504 e. The molecule has 2 aromatic rings. The number of rotatable bonds is 11. The minimum atomic E-state index is -1.77. The maximum atomic E-state index is 9.73. The SMILES string of the molecule is COc1cc(CCC[Si](C)(C)O[Si](C)(C)CCCc2ccc(O)c(O)c2)ccc1O. The van der Waals surface area contributed by atoms with E-state index in [1.165, 1.54) is 5.56 Å². The molecule has 0 amide bonds. The molecule has 0 aliphatic rings. The van der Waals surface area contributed by atoms with Gasteiger partial charge in [0.05, 0.1) is 7.11 Å². The molecule has 0 bridgehead atoms. The van der Waals surface area contributed by atoms with Crippen LogP contribution in [0.4, 0.5) is 0 Å². The van der Waals surface area contributed by atoms with Gasteiger partial charge in [-0.25, -0.2) is 0 Å². The van der Waals surface area contributed by atoms with Crippen molar-refractivity contribution in [3.8, 4) is 23.0 Å². The fourth-order valence-electron chi connectivity index (χ4n) is 3.89. The third kappa shape index (κ3) is 7.70. The van der Waals surface area contributed by atoms with Crippen LogP contribution in [0.5, 0.6) is 23.0 Å². The molecule has 2 aromatic carbocycles. The Bertz CT molecular complexity index is 836. The molecule has 0 saturated heterocycles. The normalized spacial score (nSPS) is 12.2. The molecule has 2 rings (SSSR count). The number of aryl methyl sites for hydroxylation is 2. The van der Waals surface area contributed by atoms with E-state index in [0.717, 1.165) is 43.3 Å². The lowest BCUT2D eigenvalue weighted by molar-refractivity contribution is 0.373. The van der Waals surface area contributed by atoms with Crippen LogP contribution < -0.4 is 4.74 Å². The summed E-state index contributed by atoms with van der Waals surface area (Å²) >= 11 is 0. The monoisotopic (exact) mass is 448 g/mol. The van der Waals surface area contributed by atoms with Gasteiger partial charge in [-0.2, -0.15) is 0 Å². The van der Waals surface area contributed by atoms with Crippen LogP contribution in [0.15, 0.2) is 36.4 Å². The van der Waals surface area contributed by atoms with E-state index >= 15 is 0 Å². The number of aromatic hydroxyl groups is 3. The summed E-state index contributed by atoms with van der Waals surface area (Å²) in [6.07, 6.45) is 3.90. The summed E-state index contributed by atoms with van der Waals surface area (Å²) < 4.78 is 11.9. The van der Waals surface area contributed by atoms with E-state index in [2.05, 4.69) is 26.2 Å². The molecule has 0 aromatic heterocycles. The number of ether oxygens (including phenoxy) is 1. The van der Waals surface area contributed by atoms with Gasteiger partial charge in [-0.3, -0.25) is 0 Å². The van der Waals surface area contributed by atoms with Crippen molar-refractivity contribution in [2.45, 2.75) is 64.0 Å². The molecule has 3 N–H and O–H groups in total. The largest absolute Gasteiger partial charge is 0.504 e. The van der Waals surface area contributed by atoms with Crippen molar-refractivity contribution in [3.63, 3.8) is 0 Å². The van der Waals surface area contributed by atoms with E-state index in [0.29, 0.717) is 5.75 Å². The van der Waals surface area contributed by atoms with Gasteiger partial charge in [-0.1, -0.05) is 12.1 Å². The molecule has 0 saturated carbocycles. The van der Waals surface area contributed by atoms with Crippen LogP contribution in [0.3, 0.4) is 0 Å². The third-order valence-electron chi connectivity index (χ3n) is 5.33. The smallest absolute Gasteiger partial charge is 0.173 e. The first-order chi connectivity index (χ1) is 14.0. The summed E-state index contributed by atoms with van der Waals surface area (Å²) in [6, 6.07) is 12.8. The summed E-state index contributed by atoms with van der Waals surface area (Å²) in [4.78, 5) is 0. The maximum Gasteiger partial charge on any atom is 0.173 e. The molecule has 0 aliphatic heterocycles. The Hall–Kier alpha value is -1.97. The maximum absolute atomic E-state index is 9.73. The van der Waals surface area contributed by atoms with E-state index in [9.17, 15) is 15.3 Å².